The Hall–Kier alpha value is -1.56. The molecule has 1 aliphatic rings. The molecule has 0 aromatic heterocycles. The Balaban J connectivity index is 2.14. The summed E-state index contributed by atoms with van der Waals surface area (Å²) in [6.07, 6.45) is 2.06. The van der Waals surface area contributed by atoms with Gasteiger partial charge in [0.15, 0.2) is 0 Å². The fraction of sp³-hybridized carbons (Fsp3) is 0.429. The van der Waals surface area contributed by atoms with Crippen LogP contribution in [-0.4, -0.2) is 35.1 Å². The maximum absolute atomic E-state index is 12.2. The molecule has 0 radical (unpaired) electrons. The topological polar surface area (TPSA) is 69.6 Å². The maximum Gasteiger partial charge on any atom is 0.337 e. The Morgan fingerprint density at radius 2 is 2.25 bits per heavy atom. The van der Waals surface area contributed by atoms with E-state index in [9.17, 15) is 9.59 Å². The molecule has 1 fully saturated rings. The highest BCUT2D eigenvalue weighted by molar-refractivity contribution is 9.10. The van der Waals surface area contributed by atoms with Crippen LogP contribution in [-0.2, 0) is 0 Å². The third kappa shape index (κ3) is 3.12. The first kappa shape index (κ1) is 14.8. The highest BCUT2D eigenvalue weighted by atomic mass is 79.9. The lowest BCUT2D eigenvalue weighted by Crippen LogP contribution is -2.33. The maximum atomic E-state index is 12.2. The molecule has 20 heavy (non-hydrogen) atoms. The molecule has 0 bridgehead atoms. The van der Waals surface area contributed by atoms with Crippen molar-refractivity contribution in [3.05, 3.63) is 28.2 Å². The minimum atomic E-state index is -1.06. The van der Waals surface area contributed by atoms with Crippen molar-refractivity contribution in [2.24, 2.45) is 5.92 Å². The van der Waals surface area contributed by atoms with Crippen molar-refractivity contribution < 1.29 is 14.7 Å². The number of hydrogen-bond acceptors (Lipinski definition) is 2. The van der Waals surface area contributed by atoms with Crippen LogP contribution in [0.5, 0.6) is 0 Å². The predicted octanol–water partition coefficient (Wildman–Crippen LogP) is 3.41. The highest BCUT2D eigenvalue weighted by Gasteiger charge is 2.26. The second kappa shape index (κ2) is 6.26. The van der Waals surface area contributed by atoms with Crippen LogP contribution in [0.2, 0.25) is 0 Å². The summed E-state index contributed by atoms with van der Waals surface area (Å²) in [5.41, 5.74) is 0.393. The van der Waals surface area contributed by atoms with Gasteiger partial charge >= 0.3 is 12.0 Å². The monoisotopic (exact) mass is 340 g/mol. The summed E-state index contributed by atoms with van der Waals surface area (Å²) in [6.45, 7) is 3.56. The van der Waals surface area contributed by atoms with Crippen LogP contribution < -0.4 is 5.32 Å². The van der Waals surface area contributed by atoms with Crippen molar-refractivity contribution in [3.8, 4) is 0 Å². The van der Waals surface area contributed by atoms with Crippen LogP contribution in [0.4, 0.5) is 10.5 Å². The largest absolute Gasteiger partial charge is 0.478 e. The van der Waals surface area contributed by atoms with Gasteiger partial charge in [-0.05, 0) is 40.4 Å². The van der Waals surface area contributed by atoms with Crippen molar-refractivity contribution in [1.82, 2.24) is 4.90 Å². The van der Waals surface area contributed by atoms with E-state index in [1.807, 2.05) is 0 Å². The van der Waals surface area contributed by atoms with E-state index in [1.54, 1.807) is 17.0 Å². The number of aromatic carboxylic acids is 1. The molecule has 2 rings (SSSR count). The van der Waals surface area contributed by atoms with Gasteiger partial charge in [0.25, 0.3) is 0 Å². The van der Waals surface area contributed by atoms with E-state index >= 15 is 0 Å². The van der Waals surface area contributed by atoms with Crippen molar-refractivity contribution in [2.45, 2.75) is 19.8 Å². The number of likely N-dealkylation sites (tertiary alicyclic amines) is 1. The molecule has 0 aliphatic carbocycles. The van der Waals surface area contributed by atoms with E-state index in [1.165, 1.54) is 6.07 Å². The number of rotatable bonds is 3. The number of para-hydroxylation sites is 1. The van der Waals surface area contributed by atoms with E-state index < -0.39 is 5.97 Å². The number of halogens is 1. The number of nitrogens with zero attached hydrogens (tertiary/aromatic N) is 1. The van der Waals surface area contributed by atoms with Crippen molar-refractivity contribution in [3.63, 3.8) is 0 Å². The molecule has 1 heterocycles. The lowest BCUT2D eigenvalue weighted by atomic mass is 10.1. The number of carbonyl (C=O) groups excluding carboxylic acids is 1. The number of urea groups is 1. The molecular weight excluding hydrogens is 324 g/mol. The quantitative estimate of drug-likeness (QED) is 0.885. The second-order valence-corrected chi connectivity index (χ2v) is 5.76. The molecule has 1 atom stereocenters. The summed E-state index contributed by atoms with van der Waals surface area (Å²) in [6, 6.07) is 4.57. The Bertz CT molecular complexity index is 533. The van der Waals surface area contributed by atoms with Gasteiger partial charge in [-0.15, -0.1) is 0 Å². The zero-order chi connectivity index (χ0) is 14.7. The molecule has 1 aromatic rings. The molecule has 1 unspecified atom stereocenters. The number of carboxylic acid groups (broad SMARTS) is 1. The lowest BCUT2D eigenvalue weighted by molar-refractivity contribution is 0.0698. The van der Waals surface area contributed by atoms with Crippen LogP contribution in [0.1, 0.15) is 30.1 Å². The molecule has 108 valence electrons. The number of nitrogens with one attached hydrogen (secondary N) is 1. The molecule has 1 aliphatic heterocycles. The first-order valence-corrected chi connectivity index (χ1v) is 7.40. The predicted molar refractivity (Wildman–Crippen MR) is 80.1 cm³/mol. The summed E-state index contributed by atoms with van der Waals surface area (Å²) >= 11 is 3.28. The summed E-state index contributed by atoms with van der Waals surface area (Å²) in [5, 5.41) is 11.9. The van der Waals surface area contributed by atoms with E-state index in [2.05, 4.69) is 28.2 Å². The van der Waals surface area contributed by atoms with Crippen LogP contribution in [0.15, 0.2) is 22.7 Å². The van der Waals surface area contributed by atoms with Crippen molar-refractivity contribution >= 4 is 33.6 Å². The van der Waals surface area contributed by atoms with E-state index in [4.69, 9.17) is 5.11 Å². The number of carbonyl (C=O) groups is 2. The summed E-state index contributed by atoms with van der Waals surface area (Å²) in [5.74, 6) is -0.520. The summed E-state index contributed by atoms with van der Waals surface area (Å²) in [4.78, 5) is 25.1. The van der Waals surface area contributed by atoms with Crippen LogP contribution >= 0.6 is 15.9 Å². The van der Waals surface area contributed by atoms with E-state index in [0.717, 1.165) is 25.9 Å². The smallest absolute Gasteiger partial charge is 0.337 e. The van der Waals surface area contributed by atoms with Gasteiger partial charge in [0.05, 0.1) is 11.3 Å². The Morgan fingerprint density at radius 3 is 2.85 bits per heavy atom. The van der Waals surface area contributed by atoms with Gasteiger partial charge in [0.2, 0.25) is 0 Å². The molecule has 1 aromatic carbocycles. The fourth-order valence-corrected chi connectivity index (χ4v) is 2.83. The van der Waals surface area contributed by atoms with Gasteiger partial charge in [-0.1, -0.05) is 19.4 Å². The molecule has 2 amide bonds. The third-order valence-electron chi connectivity index (χ3n) is 3.63. The highest BCUT2D eigenvalue weighted by Crippen LogP contribution is 2.28. The normalized spacial score (nSPS) is 18.1. The van der Waals surface area contributed by atoms with Crippen molar-refractivity contribution in [2.75, 3.05) is 18.4 Å². The molecule has 5 nitrogen and oxygen atoms in total. The van der Waals surface area contributed by atoms with Crippen molar-refractivity contribution in [1.29, 1.82) is 0 Å². The van der Waals surface area contributed by atoms with Gasteiger partial charge in [-0.25, -0.2) is 9.59 Å². The second-order valence-electron chi connectivity index (χ2n) is 4.91. The van der Waals surface area contributed by atoms with E-state index in [0.29, 0.717) is 16.1 Å². The first-order valence-electron chi connectivity index (χ1n) is 6.60. The molecule has 1 saturated heterocycles. The Labute approximate surface area is 126 Å². The Morgan fingerprint density at radius 1 is 1.50 bits per heavy atom. The van der Waals surface area contributed by atoms with Gasteiger partial charge in [0.1, 0.15) is 0 Å². The fourth-order valence-electron chi connectivity index (χ4n) is 2.37. The summed E-state index contributed by atoms with van der Waals surface area (Å²) < 4.78 is 0.567. The zero-order valence-electron chi connectivity index (χ0n) is 11.2. The Kier molecular flexibility index (Phi) is 4.65. The minimum absolute atomic E-state index is 0.0824. The zero-order valence-corrected chi connectivity index (χ0v) is 12.8. The number of amides is 2. The van der Waals surface area contributed by atoms with Gasteiger partial charge < -0.3 is 15.3 Å². The standard InChI is InChI=1S/C14H17BrN2O3/c1-2-9-6-7-17(8-9)14(20)16-12-10(13(18)19)4-3-5-11(12)15/h3-5,9H,2,6-8H2,1H3,(H,16,20)(H,18,19). The third-order valence-corrected chi connectivity index (χ3v) is 4.29. The van der Waals surface area contributed by atoms with Gasteiger partial charge in [0, 0.05) is 17.6 Å². The van der Waals surface area contributed by atoms with Gasteiger partial charge in [-0.3, -0.25) is 0 Å². The van der Waals surface area contributed by atoms with Crippen LogP contribution in [0.25, 0.3) is 0 Å². The molecular formula is C14H17BrN2O3. The molecule has 0 saturated carbocycles. The average molecular weight is 341 g/mol. The average Bonchev–Trinajstić information content (AvgIpc) is 2.89. The summed E-state index contributed by atoms with van der Waals surface area (Å²) in [7, 11) is 0. The molecule has 0 spiro atoms. The van der Waals surface area contributed by atoms with E-state index in [-0.39, 0.29) is 11.6 Å². The lowest BCUT2D eigenvalue weighted by Gasteiger charge is -2.18. The molecule has 2 N–H and O–H groups in total. The number of benzene rings is 1. The first-order chi connectivity index (χ1) is 9.52. The number of hydrogen-bond donors (Lipinski definition) is 2. The van der Waals surface area contributed by atoms with Crippen LogP contribution in [0.3, 0.4) is 0 Å². The number of carboxylic acids is 1. The minimum Gasteiger partial charge on any atom is -0.478 e. The molecule has 6 heteroatoms. The SMILES string of the molecule is CCC1CCN(C(=O)Nc2c(Br)cccc2C(=O)O)C1. The van der Waals surface area contributed by atoms with Gasteiger partial charge in [-0.2, -0.15) is 0 Å². The van der Waals surface area contributed by atoms with Crippen LogP contribution in [0, 0.1) is 5.92 Å². The number of anilines is 1.